The van der Waals surface area contributed by atoms with Crippen LogP contribution in [0, 0.1) is 28.6 Å². The van der Waals surface area contributed by atoms with Gasteiger partial charge in [-0.05, 0) is 76.0 Å². The highest BCUT2D eigenvalue weighted by molar-refractivity contribution is 5.67. The van der Waals surface area contributed by atoms with Crippen LogP contribution in [-0.4, -0.2) is 35.4 Å². The molecule has 5 nitrogen and oxygen atoms in total. The van der Waals surface area contributed by atoms with Crippen molar-refractivity contribution in [2.45, 2.75) is 90.8 Å². The normalized spacial score (nSPS) is 46.0. The van der Waals surface area contributed by atoms with Crippen LogP contribution in [0.25, 0.3) is 0 Å². The number of rotatable bonds is 3. The van der Waals surface area contributed by atoms with Crippen molar-refractivity contribution in [3.8, 4) is 0 Å². The summed E-state index contributed by atoms with van der Waals surface area (Å²) in [4.78, 5) is 23.5. The fourth-order valence-corrected chi connectivity index (χ4v) is 7.71. The van der Waals surface area contributed by atoms with E-state index in [2.05, 4.69) is 19.9 Å². The number of hydrogen-bond acceptors (Lipinski definition) is 5. The number of carbonyl (C=O) groups excluding carboxylic acids is 2. The van der Waals surface area contributed by atoms with Crippen molar-refractivity contribution in [2.75, 3.05) is 6.61 Å². The molecule has 0 aromatic carbocycles. The molecule has 1 N–H and O–H groups in total. The minimum Gasteiger partial charge on any atom is -0.465 e. The van der Waals surface area contributed by atoms with Gasteiger partial charge in [0.25, 0.3) is 0 Å². The molecular formula is C24H36O5. The van der Waals surface area contributed by atoms with Gasteiger partial charge >= 0.3 is 11.9 Å². The molecule has 4 aliphatic carbocycles. The highest BCUT2D eigenvalue weighted by Gasteiger charge is 2.65. The maximum Gasteiger partial charge on any atom is 0.303 e. The Morgan fingerprint density at radius 1 is 1.03 bits per heavy atom. The van der Waals surface area contributed by atoms with Crippen LogP contribution in [0.2, 0.25) is 0 Å². The fourth-order valence-electron chi connectivity index (χ4n) is 7.71. The summed E-state index contributed by atoms with van der Waals surface area (Å²) in [5.74, 6) is 1.13. The first-order valence-electron chi connectivity index (χ1n) is 11.3. The Morgan fingerprint density at radius 2 is 1.76 bits per heavy atom. The van der Waals surface area contributed by atoms with Crippen molar-refractivity contribution < 1.29 is 24.2 Å². The molecule has 3 saturated carbocycles. The maximum absolute atomic E-state index is 11.8. The van der Waals surface area contributed by atoms with Crippen LogP contribution in [0.4, 0.5) is 0 Å². The molecule has 0 radical (unpaired) electrons. The minimum atomic E-state index is -0.392. The first-order chi connectivity index (χ1) is 13.6. The van der Waals surface area contributed by atoms with E-state index in [1.165, 1.54) is 19.4 Å². The minimum absolute atomic E-state index is 0.00213. The SMILES string of the molecule is CC(=O)OC[C@]12CC[C@H](O)C=C1CC[C@@H]1[C@@H]2CC[C@@]2(C)[C@H]1CC[C@]2(C)OC(C)=O. The molecule has 0 amide bonds. The molecule has 4 rings (SSSR count). The lowest BCUT2D eigenvalue weighted by molar-refractivity contribution is -0.180. The van der Waals surface area contributed by atoms with Gasteiger partial charge in [0.2, 0.25) is 0 Å². The largest absolute Gasteiger partial charge is 0.465 e. The van der Waals surface area contributed by atoms with E-state index in [4.69, 9.17) is 9.47 Å². The zero-order chi connectivity index (χ0) is 21.0. The summed E-state index contributed by atoms with van der Waals surface area (Å²) >= 11 is 0. The number of aliphatic hydroxyl groups excluding tert-OH is 1. The Balaban J connectivity index is 1.67. The lowest BCUT2D eigenvalue weighted by atomic mass is 9.46. The highest BCUT2D eigenvalue weighted by Crippen LogP contribution is 2.68. The summed E-state index contributed by atoms with van der Waals surface area (Å²) in [6.45, 7) is 7.91. The summed E-state index contributed by atoms with van der Waals surface area (Å²) in [5.41, 5.74) is 0.784. The third-order valence-corrected chi connectivity index (χ3v) is 9.25. The molecule has 0 aromatic rings. The summed E-state index contributed by atoms with van der Waals surface area (Å²) in [5, 5.41) is 10.2. The van der Waals surface area contributed by atoms with Crippen LogP contribution < -0.4 is 0 Å². The second-order valence-corrected chi connectivity index (χ2v) is 10.5. The first kappa shape index (κ1) is 20.9. The van der Waals surface area contributed by atoms with Crippen molar-refractivity contribution in [3.05, 3.63) is 11.6 Å². The molecule has 3 fully saturated rings. The van der Waals surface area contributed by atoms with E-state index in [9.17, 15) is 14.7 Å². The molecule has 4 aliphatic rings. The van der Waals surface area contributed by atoms with E-state index in [-0.39, 0.29) is 28.9 Å². The van der Waals surface area contributed by atoms with Crippen LogP contribution in [0.3, 0.4) is 0 Å². The van der Waals surface area contributed by atoms with E-state index in [1.807, 2.05) is 0 Å². The van der Waals surface area contributed by atoms with Crippen molar-refractivity contribution >= 4 is 11.9 Å². The van der Waals surface area contributed by atoms with Gasteiger partial charge in [-0.15, -0.1) is 0 Å². The highest BCUT2D eigenvalue weighted by atomic mass is 16.6. The lowest BCUT2D eigenvalue weighted by Gasteiger charge is -2.60. The average Bonchev–Trinajstić information content (AvgIpc) is 2.90. The number of aliphatic hydroxyl groups is 1. The van der Waals surface area contributed by atoms with Gasteiger partial charge in [-0.1, -0.05) is 18.6 Å². The molecule has 162 valence electrons. The number of esters is 2. The summed E-state index contributed by atoms with van der Waals surface area (Å²) in [6.07, 6.45) is 9.48. The predicted molar refractivity (Wildman–Crippen MR) is 109 cm³/mol. The standard InChI is InChI=1S/C24H36O5/c1-15(25)28-14-24-12-7-18(27)13-17(24)5-6-19-20-9-11-23(4,29-16(2)26)22(20,3)10-8-21(19)24/h13,18-21,27H,5-12,14H2,1-4H3/t18-,19-,20-,21-,22-,23-,24+/m0/s1. The molecule has 7 atom stereocenters. The van der Waals surface area contributed by atoms with Gasteiger partial charge in [-0.25, -0.2) is 0 Å². The molecule has 0 aromatic heterocycles. The quantitative estimate of drug-likeness (QED) is 0.564. The second-order valence-electron chi connectivity index (χ2n) is 10.5. The molecule has 0 bridgehead atoms. The fraction of sp³-hybridized carbons (Fsp3) is 0.833. The monoisotopic (exact) mass is 404 g/mol. The summed E-state index contributed by atoms with van der Waals surface area (Å²) in [6, 6.07) is 0. The van der Waals surface area contributed by atoms with Crippen molar-refractivity contribution in [2.24, 2.45) is 28.6 Å². The predicted octanol–water partition coefficient (Wildman–Crippen LogP) is 4.18. The van der Waals surface area contributed by atoms with Crippen LogP contribution in [0.15, 0.2) is 11.6 Å². The molecule has 0 spiro atoms. The van der Waals surface area contributed by atoms with Crippen molar-refractivity contribution in [1.82, 2.24) is 0 Å². The number of carbonyl (C=O) groups is 2. The van der Waals surface area contributed by atoms with Crippen molar-refractivity contribution in [3.63, 3.8) is 0 Å². The van der Waals surface area contributed by atoms with Crippen LogP contribution in [0.1, 0.15) is 79.1 Å². The van der Waals surface area contributed by atoms with Gasteiger partial charge in [0.15, 0.2) is 0 Å². The molecule has 0 saturated heterocycles. The Kier molecular flexibility index (Phi) is 5.12. The maximum atomic E-state index is 11.8. The van der Waals surface area contributed by atoms with Gasteiger partial charge in [-0.3, -0.25) is 9.59 Å². The number of fused-ring (bicyclic) bond motifs is 5. The Hall–Kier alpha value is -1.36. The smallest absolute Gasteiger partial charge is 0.303 e. The third kappa shape index (κ3) is 3.15. The van der Waals surface area contributed by atoms with E-state index >= 15 is 0 Å². The lowest BCUT2D eigenvalue weighted by Crippen LogP contribution is -2.56. The number of ether oxygens (including phenoxy) is 2. The molecule has 0 heterocycles. The summed E-state index contributed by atoms with van der Waals surface area (Å²) < 4.78 is 11.5. The second kappa shape index (κ2) is 7.11. The third-order valence-electron chi connectivity index (χ3n) is 9.25. The van der Waals surface area contributed by atoms with Crippen LogP contribution in [0.5, 0.6) is 0 Å². The van der Waals surface area contributed by atoms with E-state index in [0.29, 0.717) is 24.4 Å². The van der Waals surface area contributed by atoms with Gasteiger partial charge in [0.05, 0.1) is 6.10 Å². The van der Waals surface area contributed by atoms with Gasteiger partial charge < -0.3 is 14.6 Å². The average molecular weight is 405 g/mol. The molecule has 5 heteroatoms. The number of hydrogen-bond donors (Lipinski definition) is 1. The zero-order valence-electron chi connectivity index (χ0n) is 18.3. The van der Waals surface area contributed by atoms with Crippen molar-refractivity contribution in [1.29, 1.82) is 0 Å². The van der Waals surface area contributed by atoms with Crippen LogP contribution >= 0.6 is 0 Å². The van der Waals surface area contributed by atoms with Gasteiger partial charge in [-0.2, -0.15) is 0 Å². The first-order valence-corrected chi connectivity index (χ1v) is 11.3. The zero-order valence-corrected chi connectivity index (χ0v) is 18.3. The van der Waals surface area contributed by atoms with E-state index < -0.39 is 5.60 Å². The Morgan fingerprint density at radius 3 is 2.45 bits per heavy atom. The molecule has 0 unspecified atom stereocenters. The van der Waals surface area contributed by atoms with Gasteiger partial charge in [0.1, 0.15) is 12.2 Å². The summed E-state index contributed by atoms with van der Waals surface area (Å²) in [7, 11) is 0. The molecular weight excluding hydrogens is 368 g/mol. The van der Waals surface area contributed by atoms with Gasteiger partial charge in [0, 0.05) is 24.7 Å². The van der Waals surface area contributed by atoms with E-state index in [0.717, 1.165) is 51.4 Å². The Labute approximate surface area is 174 Å². The topological polar surface area (TPSA) is 72.8 Å². The van der Waals surface area contributed by atoms with E-state index in [1.54, 1.807) is 0 Å². The Bertz CT molecular complexity index is 729. The molecule has 29 heavy (non-hydrogen) atoms. The van der Waals surface area contributed by atoms with Crippen LogP contribution in [-0.2, 0) is 19.1 Å². The molecule has 0 aliphatic heterocycles.